The van der Waals surface area contributed by atoms with Crippen molar-refractivity contribution in [2.24, 2.45) is 0 Å². The van der Waals surface area contributed by atoms with Gasteiger partial charge < -0.3 is 9.97 Å². The summed E-state index contributed by atoms with van der Waals surface area (Å²) in [6, 6.07) is 14.5. The molecule has 0 fully saturated rings. The highest BCUT2D eigenvalue weighted by Crippen LogP contribution is 2.29. The molecule has 0 atom stereocenters. The molecule has 2 heterocycles. The molecule has 2 aromatic carbocycles. The average molecular weight is 393 g/mol. The molecular formula is C23H28N4S. The monoisotopic (exact) mass is 392 g/mol. The Balaban J connectivity index is 1.35. The molecule has 28 heavy (non-hydrogen) atoms. The SMILES string of the molecule is CCCCCCCCCc1nc2ccc(Sc3nc4ccccc4[nH]3)cc2[nH]1. The van der Waals surface area contributed by atoms with Gasteiger partial charge in [0.05, 0.1) is 22.1 Å². The number of imidazole rings is 2. The molecule has 0 aliphatic heterocycles. The Bertz CT molecular complexity index is 1000. The van der Waals surface area contributed by atoms with E-state index in [9.17, 15) is 0 Å². The summed E-state index contributed by atoms with van der Waals surface area (Å²) in [5, 5.41) is 0.920. The van der Waals surface area contributed by atoms with Crippen LogP contribution in [0.5, 0.6) is 0 Å². The molecule has 5 heteroatoms. The van der Waals surface area contributed by atoms with Crippen LogP contribution in [0, 0.1) is 0 Å². The van der Waals surface area contributed by atoms with Gasteiger partial charge in [0.25, 0.3) is 0 Å². The summed E-state index contributed by atoms with van der Waals surface area (Å²) in [5.74, 6) is 1.11. The molecule has 0 aliphatic carbocycles. The fourth-order valence-corrected chi connectivity index (χ4v) is 4.40. The minimum Gasteiger partial charge on any atom is -0.342 e. The maximum Gasteiger partial charge on any atom is 0.171 e. The zero-order valence-corrected chi connectivity index (χ0v) is 17.3. The van der Waals surface area contributed by atoms with Gasteiger partial charge in [-0.15, -0.1) is 0 Å². The molecule has 2 N–H and O–H groups in total. The van der Waals surface area contributed by atoms with E-state index in [0.717, 1.165) is 44.4 Å². The summed E-state index contributed by atoms with van der Waals surface area (Å²) in [7, 11) is 0. The maximum atomic E-state index is 4.75. The summed E-state index contributed by atoms with van der Waals surface area (Å²) in [6.45, 7) is 2.27. The van der Waals surface area contributed by atoms with E-state index >= 15 is 0 Å². The molecule has 4 rings (SSSR count). The van der Waals surface area contributed by atoms with Gasteiger partial charge in [0, 0.05) is 11.3 Å². The molecule has 0 amide bonds. The predicted octanol–water partition coefficient (Wildman–Crippen LogP) is 6.88. The van der Waals surface area contributed by atoms with E-state index in [0.29, 0.717) is 0 Å². The Morgan fingerprint density at radius 1 is 0.786 bits per heavy atom. The zero-order chi connectivity index (χ0) is 19.2. The van der Waals surface area contributed by atoms with Crippen molar-refractivity contribution in [1.82, 2.24) is 19.9 Å². The number of aromatic amines is 2. The number of nitrogens with zero attached hydrogens (tertiary/aromatic N) is 2. The second kappa shape index (κ2) is 9.28. The first-order valence-corrected chi connectivity index (χ1v) is 11.2. The average Bonchev–Trinajstić information content (AvgIpc) is 3.29. The Labute approximate surface area is 170 Å². The van der Waals surface area contributed by atoms with Crippen LogP contribution >= 0.6 is 11.8 Å². The lowest BCUT2D eigenvalue weighted by Gasteiger charge is -1.99. The Morgan fingerprint density at radius 3 is 2.43 bits per heavy atom. The van der Waals surface area contributed by atoms with Gasteiger partial charge in [0.15, 0.2) is 5.16 Å². The molecule has 0 saturated heterocycles. The number of fused-ring (bicyclic) bond motifs is 2. The lowest BCUT2D eigenvalue weighted by atomic mass is 10.1. The van der Waals surface area contributed by atoms with Crippen molar-refractivity contribution in [1.29, 1.82) is 0 Å². The van der Waals surface area contributed by atoms with Crippen LogP contribution in [0.25, 0.3) is 22.1 Å². The second-order valence-electron chi connectivity index (χ2n) is 7.39. The molecule has 0 saturated carbocycles. The van der Waals surface area contributed by atoms with E-state index in [2.05, 4.69) is 46.1 Å². The van der Waals surface area contributed by atoms with Crippen LogP contribution in [0.4, 0.5) is 0 Å². The lowest BCUT2D eigenvalue weighted by molar-refractivity contribution is 0.585. The van der Waals surface area contributed by atoms with Crippen molar-refractivity contribution < 1.29 is 0 Å². The van der Waals surface area contributed by atoms with Gasteiger partial charge in [0.1, 0.15) is 5.82 Å². The number of benzene rings is 2. The summed E-state index contributed by atoms with van der Waals surface area (Å²) in [4.78, 5) is 17.5. The molecule has 0 bridgehead atoms. The topological polar surface area (TPSA) is 57.4 Å². The van der Waals surface area contributed by atoms with Gasteiger partial charge in [-0.25, -0.2) is 9.97 Å². The van der Waals surface area contributed by atoms with Crippen LogP contribution in [0.15, 0.2) is 52.5 Å². The molecule has 0 unspecified atom stereocenters. The number of hydrogen-bond acceptors (Lipinski definition) is 3. The highest BCUT2D eigenvalue weighted by atomic mass is 32.2. The van der Waals surface area contributed by atoms with Crippen LogP contribution in [0.3, 0.4) is 0 Å². The highest BCUT2D eigenvalue weighted by molar-refractivity contribution is 7.99. The molecule has 2 aromatic heterocycles. The van der Waals surface area contributed by atoms with Gasteiger partial charge in [-0.1, -0.05) is 69.3 Å². The number of H-pyrrole nitrogens is 2. The number of nitrogens with one attached hydrogen (secondary N) is 2. The van der Waals surface area contributed by atoms with E-state index in [1.165, 1.54) is 44.9 Å². The number of aromatic nitrogens is 4. The van der Waals surface area contributed by atoms with Crippen molar-refractivity contribution in [2.45, 2.75) is 68.3 Å². The van der Waals surface area contributed by atoms with Crippen molar-refractivity contribution in [2.75, 3.05) is 0 Å². The minimum atomic E-state index is 0.920. The van der Waals surface area contributed by atoms with Crippen LogP contribution in [0.2, 0.25) is 0 Å². The maximum absolute atomic E-state index is 4.75. The molecule has 0 radical (unpaired) electrons. The molecule has 4 aromatic rings. The van der Waals surface area contributed by atoms with Gasteiger partial charge in [-0.2, -0.15) is 0 Å². The van der Waals surface area contributed by atoms with Crippen LogP contribution in [-0.4, -0.2) is 19.9 Å². The Kier molecular flexibility index (Phi) is 6.32. The van der Waals surface area contributed by atoms with E-state index in [1.54, 1.807) is 11.8 Å². The van der Waals surface area contributed by atoms with Crippen molar-refractivity contribution >= 4 is 33.8 Å². The van der Waals surface area contributed by atoms with Gasteiger partial charge >= 0.3 is 0 Å². The third kappa shape index (κ3) is 4.76. The first-order valence-electron chi connectivity index (χ1n) is 10.4. The lowest BCUT2D eigenvalue weighted by Crippen LogP contribution is -1.88. The fraction of sp³-hybridized carbons (Fsp3) is 0.391. The van der Waals surface area contributed by atoms with Crippen molar-refractivity contribution in [3.8, 4) is 0 Å². The normalized spacial score (nSPS) is 11.6. The summed E-state index contributed by atoms with van der Waals surface area (Å²) in [5.41, 5.74) is 4.24. The van der Waals surface area contributed by atoms with Crippen LogP contribution < -0.4 is 0 Å². The highest BCUT2D eigenvalue weighted by Gasteiger charge is 2.07. The first kappa shape index (κ1) is 19.1. The number of rotatable bonds is 10. The second-order valence-corrected chi connectivity index (χ2v) is 8.46. The van der Waals surface area contributed by atoms with Crippen LogP contribution in [0.1, 0.15) is 57.7 Å². The summed E-state index contributed by atoms with van der Waals surface area (Å²) < 4.78 is 0. The first-order chi connectivity index (χ1) is 13.8. The number of para-hydroxylation sites is 2. The predicted molar refractivity (Wildman–Crippen MR) is 118 cm³/mol. The molecule has 0 aliphatic rings. The molecular weight excluding hydrogens is 364 g/mol. The molecule has 4 nitrogen and oxygen atoms in total. The number of aryl methyl sites for hydroxylation is 1. The van der Waals surface area contributed by atoms with E-state index in [-0.39, 0.29) is 0 Å². The third-order valence-electron chi connectivity index (χ3n) is 5.10. The third-order valence-corrected chi connectivity index (χ3v) is 5.98. The Hall–Kier alpha value is -2.27. The zero-order valence-electron chi connectivity index (χ0n) is 16.5. The van der Waals surface area contributed by atoms with Crippen molar-refractivity contribution in [3.05, 3.63) is 48.3 Å². The summed E-state index contributed by atoms with van der Waals surface area (Å²) >= 11 is 1.65. The summed E-state index contributed by atoms with van der Waals surface area (Å²) in [6.07, 6.45) is 10.3. The van der Waals surface area contributed by atoms with E-state index in [1.807, 2.05) is 18.2 Å². The quantitative estimate of drug-likeness (QED) is 0.289. The fourth-order valence-electron chi connectivity index (χ4n) is 3.56. The van der Waals surface area contributed by atoms with Gasteiger partial charge in [-0.05, 0) is 36.8 Å². The van der Waals surface area contributed by atoms with E-state index < -0.39 is 0 Å². The largest absolute Gasteiger partial charge is 0.342 e. The van der Waals surface area contributed by atoms with E-state index in [4.69, 9.17) is 4.98 Å². The van der Waals surface area contributed by atoms with Gasteiger partial charge in [0.2, 0.25) is 0 Å². The van der Waals surface area contributed by atoms with Crippen LogP contribution in [-0.2, 0) is 6.42 Å². The minimum absolute atomic E-state index is 0.920. The number of hydrogen-bond donors (Lipinski definition) is 2. The Morgan fingerprint density at radius 2 is 1.57 bits per heavy atom. The van der Waals surface area contributed by atoms with Gasteiger partial charge in [-0.3, -0.25) is 0 Å². The molecule has 146 valence electrons. The standard InChI is InChI=1S/C23H28N4S/c1-2-3-4-5-6-7-8-13-22-24-20-15-14-17(16-21(20)25-22)28-23-26-18-11-9-10-12-19(18)27-23/h9-12,14-16H,2-8,13H2,1H3,(H,24,25)(H,26,27). The smallest absolute Gasteiger partial charge is 0.171 e. The number of unbranched alkanes of at least 4 members (excludes halogenated alkanes) is 6. The molecule has 0 spiro atoms. The van der Waals surface area contributed by atoms with Crippen molar-refractivity contribution in [3.63, 3.8) is 0 Å².